The van der Waals surface area contributed by atoms with Gasteiger partial charge in [-0.1, -0.05) is 37.3 Å². The van der Waals surface area contributed by atoms with E-state index in [1.165, 1.54) is 28.9 Å². The van der Waals surface area contributed by atoms with E-state index in [0.29, 0.717) is 25.3 Å². The Morgan fingerprint density at radius 3 is 2.65 bits per heavy atom. The maximum atomic E-state index is 12.5. The molecule has 4 rings (SSSR count). The van der Waals surface area contributed by atoms with Crippen LogP contribution in [0.15, 0.2) is 60.7 Å². The van der Waals surface area contributed by atoms with Crippen LogP contribution in [0.4, 0.5) is 0 Å². The van der Waals surface area contributed by atoms with Gasteiger partial charge < -0.3 is 14.6 Å². The first-order valence-electron chi connectivity index (χ1n) is 11.4. The van der Waals surface area contributed by atoms with Gasteiger partial charge in [0.25, 0.3) is 5.91 Å². The Morgan fingerprint density at radius 2 is 1.90 bits per heavy atom. The normalized spacial score (nSPS) is 15.5. The smallest absolute Gasteiger partial charge is 0.251 e. The fourth-order valence-electron chi connectivity index (χ4n) is 4.41. The summed E-state index contributed by atoms with van der Waals surface area (Å²) in [6.07, 6.45) is 4.26. The topological polar surface area (TPSA) is 43.3 Å². The number of rotatable bonds is 8. The van der Waals surface area contributed by atoms with E-state index < -0.39 is 0 Å². The predicted molar refractivity (Wildman–Crippen MR) is 126 cm³/mol. The summed E-state index contributed by atoms with van der Waals surface area (Å²) in [6, 6.07) is 20.9. The second-order valence-corrected chi connectivity index (χ2v) is 8.40. The van der Waals surface area contributed by atoms with Crippen molar-refractivity contribution < 1.29 is 9.53 Å². The van der Waals surface area contributed by atoms with Crippen molar-refractivity contribution in [1.29, 1.82) is 0 Å². The fourth-order valence-corrected chi connectivity index (χ4v) is 4.41. The Bertz CT molecular complexity index is 1010. The molecule has 0 saturated heterocycles. The van der Waals surface area contributed by atoms with Gasteiger partial charge in [0.1, 0.15) is 0 Å². The number of hydrogen-bond donors (Lipinski definition) is 1. The number of nitrogens with zero attached hydrogens (tertiary/aromatic N) is 1. The number of carbonyl (C=O) groups is 1. The van der Waals surface area contributed by atoms with Gasteiger partial charge in [0.15, 0.2) is 0 Å². The number of nitrogens with one attached hydrogen (secondary N) is 1. The Morgan fingerprint density at radius 1 is 1.13 bits per heavy atom. The third-order valence-corrected chi connectivity index (χ3v) is 6.05. The van der Waals surface area contributed by atoms with Gasteiger partial charge in [-0.3, -0.25) is 4.79 Å². The SMILES string of the molecule is CCOCCCNC(=O)c1ccc(-n2c(-c3ccccc3)cc3c2CC[C@H](C)C3)cc1. The van der Waals surface area contributed by atoms with Crippen LogP contribution in [0.2, 0.25) is 0 Å². The summed E-state index contributed by atoms with van der Waals surface area (Å²) >= 11 is 0. The first kappa shape index (κ1) is 21.4. The lowest BCUT2D eigenvalue weighted by Crippen LogP contribution is -2.25. The molecule has 1 aromatic heterocycles. The lowest BCUT2D eigenvalue weighted by atomic mass is 9.89. The van der Waals surface area contributed by atoms with Crippen molar-refractivity contribution in [2.45, 2.75) is 39.5 Å². The van der Waals surface area contributed by atoms with E-state index in [0.717, 1.165) is 30.9 Å². The molecule has 1 atom stereocenters. The minimum atomic E-state index is -0.0327. The van der Waals surface area contributed by atoms with Crippen molar-refractivity contribution in [3.05, 3.63) is 77.5 Å². The van der Waals surface area contributed by atoms with Crippen molar-refractivity contribution in [3.63, 3.8) is 0 Å². The number of carbonyl (C=O) groups excluding carboxylic acids is 1. The molecule has 1 aliphatic carbocycles. The van der Waals surface area contributed by atoms with Crippen molar-refractivity contribution in [2.24, 2.45) is 5.92 Å². The quantitative estimate of drug-likeness (QED) is 0.498. The number of fused-ring (bicyclic) bond motifs is 1. The van der Waals surface area contributed by atoms with Gasteiger partial charge >= 0.3 is 0 Å². The van der Waals surface area contributed by atoms with Gasteiger partial charge in [-0.15, -0.1) is 0 Å². The molecule has 4 heteroatoms. The maximum Gasteiger partial charge on any atom is 0.251 e. The molecule has 162 valence electrons. The van der Waals surface area contributed by atoms with Crippen molar-refractivity contribution in [3.8, 4) is 16.9 Å². The largest absolute Gasteiger partial charge is 0.382 e. The van der Waals surface area contributed by atoms with Crippen LogP contribution in [-0.2, 0) is 17.6 Å². The van der Waals surface area contributed by atoms with E-state index in [9.17, 15) is 4.79 Å². The molecule has 1 aliphatic rings. The second kappa shape index (κ2) is 9.97. The molecule has 0 bridgehead atoms. The van der Waals surface area contributed by atoms with Crippen LogP contribution in [0.3, 0.4) is 0 Å². The number of benzene rings is 2. The first-order valence-corrected chi connectivity index (χ1v) is 11.4. The number of amides is 1. The average molecular weight is 417 g/mol. The fraction of sp³-hybridized carbons (Fsp3) is 0.370. The molecule has 0 radical (unpaired) electrons. The van der Waals surface area contributed by atoms with Gasteiger partial charge in [0.2, 0.25) is 0 Å². The van der Waals surface area contributed by atoms with Gasteiger partial charge in [-0.25, -0.2) is 0 Å². The van der Waals surface area contributed by atoms with E-state index in [-0.39, 0.29) is 5.91 Å². The third kappa shape index (κ3) is 4.91. The van der Waals surface area contributed by atoms with E-state index in [4.69, 9.17) is 4.74 Å². The Hall–Kier alpha value is -2.85. The third-order valence-electron chi connectivity index (χ3n) is 6.05. The highest BCUT2D eigenvalue weighted by molar-refractivity contribution is 5.94. The molecule has 2 aromatic carbocycles. The summed E-state index contributed by atoms with van der Waals surface area (Å²) < 4.78 is 7.71. The Kier molecular flexibility index (Phi) is 6.88. The van der Waals surface area contributed by atoms with Crippen molar-refractivity contribution in [1.82, 2.24) is 9.88 Å². The Balaban J connectivity index is 1.58. The summed E-state index contributed by atoms with van der Waals surface area (Å²) in [4.78, 5) is 12.5. The zero-order valence-corrected chi connectivity index (χ0v) is 18.6. The molecular formula is C27H32N2O2. The highest BCUT2D eigenvalue weighted by Gasteiger charge is 2.23. The Labute approximate surface area is 185 Å². The predicted octanol–water partition coefficient (Wildman–Crippen LogP) is 5.43. The molecule has 1 heterocycles. The maximum absolute atomic E-state index is 12.5. The minimum Gasteiger partial charge on any atom is -0.382 e. The van der Waals surface area contributed by atoms with Crippen LogP contribution in [-0.4, -0.2) is 30.2 Å². The molecule has 0 unspecified atom stereocenters. The summed E-state index contributed by atoms with van der Waals surface area (Å²) in [5.74, 6) is 0.690. The van der Waals surface area contributed by atoms with Crippen LogP contribution >= 0.6 is 0 Å². The van der Waals surface area contributed by atoms with Crippen molar-refractivity contribution in [2.75, 3.05) is 19.8 Å². The molecule has 3 aromatic rings. The van der Waals surface area contributed by atoms with Gasteiger partial charge in [-0.05, 0) is 80.0 Å². The monoisotopic (exact) mass is 416 g/mol. The zero-order valence-electron chi connectivity index (χ0n) is 18.6. The molecule has 0 aliphatic heterocycles. The molecule has 0 saturated carbocycles. The highest BCUT2D eigenvalue weighted by Crippen LogP contribution is 2.35. The minimum absolute atomic E-state index is 0.0327. The first-order chi connectivity index (χ1) is 15.2. The molecule has 0 spiro atoms. The zero-order chi connectivity index (χ0) is 21.6. The molecule has 31 heavy (non-hydrogen) atoms. The molecule has 4 nitrogen and oxygen atoms in total. The number of aromatic nitrogens is 1. The van der Waals surface area contributed by atoms with E-state index in [1.54, 1.807) is 0 Å². The molecule has 0 fully saturated rings. The standard InChI is InChI=1S/C27H32N2O2/c1-3-31-17-7-16-28-27(30)22-11-13-24(14-12-22)29-25-15-10-20(2)18-23(25)19-26(29)21-8-5-4-6-9-21/h4-6,8-9,11-14,19-20H,3,7,10,15-18H2,1-2H3,(H,28,30)/t20-/m0/s1. The molecule has 1 amide bonds. The van der Waals surface area contributed by atoms with Crippen molar-refractivity contribution >= 4 is 5.91 Å². The summed E-state index contributed by atoms with van der Waals surface area (Å²) in [5, 5.41) is 2.98. The second-order valence-electron chi connectivity index (χ2n) is 8.40. The van der Waals surface area contributed by atoms with Crippen LogP contribution in [0, 0.1) is 5.92 Å². The summed E-state index contributed by atoms with van der Waals surface area (Å²) in [7, 11) is 0. The van der Waals surface area contributed by atoms with Crippen LogP contribution < -0.4 is 5.32 Å². The van der Waals surface area contributed by atoms with E-state index in [1.807, 2.05) is 19.1 Å². The van der Waals surface area contributed by atoms with E-state index in [2.05, 4.69) is 65.3 Å². The highest BCUT2D eigenvalue weighted by atomic mass is 16.5. The molecular weight excluding hydrogens is 384 g/mol. The van der Waals surface area contributed by atoms with E-state index >= 15 is 0 Å². The van der Waals surface area contributed by atoms with Crippen LogP contribution in [0.5, 0.6) is 0 Å². The van der Waals surface area contributed by atoms with Crippen LogP contribution in [0.1, 0.15) is 48.3 Å². The molecule has 1 N–H and O–H groups in total. The summed E-state index contributed by atoms with van der Waals surface area (Å²) in [5.41, 5.74) is 7.12. The van der Waals surface area contributed by atoms with Crippen LogP contribution in [0.25, 0.3) is 16.9 Å². The van der Waals surface area contributed by atoms with Gasteiger partial charge in [0.05, 0.1) is 5.69 Å². The van der Waals surface area contributed by atoms with Gasteiger partial charge in [0, 0.05) is 36.7 Å². The summed E-state index contributed by atoms with van der Waals surface area (Å²) in [6.45, 7) is 6.33. The number of hydrogen-bond acceptors (Lipinski definition) is 2. The van der Waals surface area contributed by atoms with Gasteiger partial charge in [-0.2, -0.15) is 0 Å². The lowest BCUT2D eigenvalue weighted by molar-refractivity contribution is 0.0944. The lowest BCUT2D eigenvalue weighted by Gasteiger charge is -2.21. The average Bonchev–Trinajstić information content (AvgIpc) is 3.18. The number of ether oxygens (including phenoxy) is 1.